The number of nitrogens with zero attached hydrogens (tertiary/aromatic N) is 3. The van der Waals surface area contributed by atoms with Crippen molar-refractivity contribution in [3.63, 3.8) is 0 Å². The monoisotopic (exact) mass is 436 g/mol. The highest BCUT2D eigenvalue weighted by Crippen LogP contribution is 2.24. The minimum Gasteiger partial charge on any atom is -0.307 e. The second kappa shape index (κ2) is 9.43. The number of nitrogens with one attached hydrogen (secondary N) is 1. The van der Waals surface area contributed by atoms with Crippen LogP contribution in [0.1, 0.15) is 22.4 Å². The highest BCUT2D eigenvalue weighted by molar-refractivity contribution is 6.42. The van der Waals surface area contributed by atoms with Gasteiger partial charge in [-0.2, -0.15) is 15.0 Å². The van der Waals surface area contributed by atoms with Gasteiger partial charge >= 0.3 is 0 Å². The Kier molecular flexibility index (Phi) is 6.48. The molecule has 30 heavy (non-hydrogen) atoms. The fourth-order valence-corrected chi connectivity index (χ4v) is 3.55. The zero-order valence-electron chi connectivity index (χ0n) is 16.6. The van der Waals surface area contributed by atoms with Crippen molar-refractivity contribution in [1.29, 1.82) is 0 Å². The standard InChI is InChI=1S/C24H22Cl2N4/c1-17-7-9-18(10-8-17)14-27-15-23-24(20-5-3-2-4-6-20)29-30(28-23)16-19-11-12-21(25)22(26)13-19/h2-13,27H,14-16H2,1H3. The van der Waals surface area contributed by atoms with Crippen LogP contribution < -0.4 is 5.32 Å². The van der Waals surface area contributed by atoms with Gasteiger partial charge in [0.15, 0.2) is 0 Å². The summed E-state index contributed by atoms with van der Waals surface area (Å²) >= 11 is 12.2. The fourth-order valence-electron chi connectivity index (χ4n) is 3.22. The van der Waals surface area contributed by atoms with Crippen LogP contribution in [0.3, 0.4) is 0 Å². The van der Waals surface area contributed by atoms with Crippen molar-refractivity contribution < 1.29 is 0 Å². The molecule has 4 rings (SSSR count). The van der Waals surface area contributed by atoms with Crippen molar-refractivity contribution in [3.8, 4) is 11.3 Å². The molecule has 152 valence electrons. The third-order valence-electron chi connectivity index (χ3n) is 4.82. The first-order chi connectivity index (χ1) is 14.6. The normalized spacial score (nSPS) is 11.0. The van der Waals surface area contributed by atoms with Gasteiger partial charge in [0.1, 0.15) is 11.4 Å². The summed E-state index contributed by atoms with van der Waals surface area (Å²) in [4.78, 5) is 1.71. The third-order valence-corrected chi connectivity index (χ3v) is 5.56. The Morgan fingerprint density at radius 2 is 1.53 bits per heavy atom. The van der Waals surface area contributed by atoms with E-state index in [-0.39, 0.29) is 0 Å². The van der Waals surface area contributed by atoms with Crippen molar-refractivity contribution >= 4 is 23.2 Å². The maximum Gasteiger partial charge on any atom is 0.117 e. The number of aryl methyl sites for hydroxylation is 1. The molecule has 0 aliphatic carbocycles. The Labute approximate surface area is 186 Å². The summed E-state index contributed by atoms with van der Waals surface area (Å²) in [6, 6.07) is 24.2. The van der Waals surface area contributed by atoms with Gasteiger partial charge in [0, 0.05) is 18.7 Å². The molecule has 0 fully saturated rings. The number of hydrogen-bond donors (Lipinski definition) is 1. The molecule has 0 unspecified atom stereocenters. The highest BCUT2D eigenvalue weighted by Gasteiger charge is 2.13. The molecule has 3 aromatic carbocycles. The lowest BCUT2D eigenvalue weighted by atomic mass is 10.1. The molecular formula is C24H22Cl2N4. The molecule has 4 aromatic rings. The molecule has 0 aliphatic heterocycles. The maximum absolute atomic E-state index is 6.16. The average Bonchev–Trinajstić information content (AvgIpc) is 3.15. The first-order valence-electron chi connectivity index (χ1n) is 9.78. The predicted molar refractivity (Wildman–Crippen MR) is 123 cm³/mol. The van der Waals surface area contributed by atoms with Gasteiger partial charge in [-0.05, 0) is 30.2 Å². The lowest BCUT2D eigenvalue weighted by Crippen LogP contribution is -2.14. The molecule has 1 aromatic heterocycles. The summed E-state index contributed by atoms with van der Waals surface area (Å²) in [6.07, 6.45) is 0. The van der Waals surface area contributed by atoms with E-state index in [1.165, 1.54) is 11.1 Å². The van der Waals surface area contributed by atoms with Crippen molar-refractivity contribution in [3.05, 3.63) is 105 Å². The van der Waals surface area contributed by atoms with Crippen LogP contribution in [-0.2, 0) is 19.6 Å². The zero-order valence-corrected chi connectivity index (χ0v) is 18.2. The van der Waals surface area contributed by atoms with Crippen LogP contribution in [0.5, 0.6) is 0 Å². The average molecular weight is 437 g/mol. The first kappa shape index (κ1) is 20.6. The maximum atomic E-state index is 6.16. The second-order valence-corrected chi connectivity index (χ2v) is 8.04. The van der Waals surface area contributed by atoms with E-state index >= 15 is 0 Å². The smallest absolute Gasteiger partial charge is 0.117 e. The lowest BCUT2D eigenvalue weighted by molar-refractivity contribution is 0.576. The summed E-state index contributed by atoms with van der Waals surface area (Å²) in [5, 5.41) is 14.1. The minimum absolute atomic E-state index is 0.523. The summed E-state index contributed by atoms with van der Waals surface area (Å²) in [6.45, 7) is 4.01. The molecule has 0 amide bonds. The molecule has 0 radical (unpaired) electrons. The molecule has 6 heteroatoms. The van der Waals surface area contributed by atoms with Gasteiger partial charge in [-0.25, -0.2) is 0 Å². The molecule has 0 aliphatic rings. The van der Waals surface area contributed by atoms with Gasteiger partial charge in [0.05, 0.1) is 16.6 Å². The predicted octanol–water partition coefficient (Wildman–Crippen LogP) is 5.90. The van der Waals surface area contributed by atoms with Crippen LogP contribution in [0, 0.1) is 6.92 Å². The molecular weight excluding hydrogens is 415 g/mol. The van der Waals surface area contributed by atoms with E-state index < -0.39 is 0 Å². The lowest BCUT2D eigenvalue weighted by Gasteiger charge is -2.05. The van der Waals surface area contributed by atoms with Crippen LogP contribution in [-0.4, -0.2) is 15.0 Å². The summed E-state index contributed by atoms with van der Waals surface area (Å²) in [5.74, 6) is 0. The molecule has 0 atom stereocenters. The number of rotatable bonds is 7. The van der Waals surface area contributed by atoms with Gasteiger partial charge in [0.25, 0.3) is 0 Å². The van der Waals surface area contributed by atoms with E-state index in [1.54, 1.807) is 10.9 Å². The van der Waals surface area contributed by atoms with Crippen molar-refractivity contribution in [2.24, 2.45) is 0 Å². The summed E-state index contributed by atoms with van der Waals surface area (Å²) in [5.41, 5.74) is 6.34. The summed E-state index contributed by atoms with van der Waals surface area (Å²) < 4.78 is 0. The quantitative estimate of drug-likeness (QED) is 0.392. The Balaban J connectivity index is 1.54. The topological polar surface area (TPSA) is 42.7 Å². The van der Waals surface area contributed by atoms with E-state index in [2.05, 4.69) is 48.6 Å². The first-order valence-corrected chi connectivity index (χ1v) is 10.5. The number of aromatic nitrogens is 3. The van der Waals surface area contributed by atoms with E-state index in [4.69, 9.17) is 33.4 Å². The molecule has 4 nitrogen and oxygen atoms in total. The van der Waals surface area contributed by atoms with Gasteiger partial charge < -0.3 is 5.32 Å². The van der Waals surface area contributed by atoms with Crippen LogP contribution in [0.4, 0.5) is 0 Å². The van der Waals surface area contributed by atoms with E-state index in [1.807, 2.05) is 30.3 Å². The number of hydrogen-bond acceptors (Lipinski definition) is 3. The highest BCUT2D eigenvalue weighted by atomic mass is 35.5. The van der Waals surface area contributed by atoms with Gasteiger partial charge in [0.2, 0.25) is 0 Å². The second-order valence-electron chi connectivity index (χ2n) is 7.23. The van der Waals surface area contributed by atoms with Crippen LogP contribution in [0.15, 0.2) is 72.8 Å². The van der Waals surface area contributed by atoms with Crippen LogP contribution in [0.25, 0.3) is 11.3 Å². The molecule has 1 N–H and O–H groups in total. The Morgan fingerprint density at radius 1 is 0.800 bits per heavy atom. The number of halogens is 2. The fraction of sp³-hybridized carbons (Fsp3) is 0.167. The molecule has 1 heterocycles. The van der Waals surface area contributed by atoms with Gasteiger partial charge in [-0.1, -0.05) is 89.4 Å². The Hall–Kier alpha value is -2.66. The molecule has 0 bridgehead atoms. The van der Waals surface area contributed by atoms with E-state index in [9.17, 15) is 0 Å². The van der Waals surface area contributed by atoms with Crippen molar-refractivity contribution in [2.45, 2.75) is 26.6 Å². The Bertz CT molecular complexity index is 1120. The van der Waals surface area contributed by atoms with Crippen molar-refractivity contribution in [2.75, 3.05) is 0 Å². The third kappa shape index (κ3) is 5.08. The molecule has 0 saturated heterocycles. The van der Waals surface area contributed by atoms with Gasteiger partial charge in [-0.15, -0.1) is 0 Å². The SMILES string of the molecule is Cc1ccc(CNCc2nn(Cc3ccc(Cl)c(Cl)c3)nc2-c2ccccc2)cc1. The molecule has 0 spiro atoms. The van der Waals surface area contributed by atoms with E-state index in [0.717, 1.165) is 29.1 Å². The van der Waals surface area contributed by atoms with Crippen molar-refractivity contribution in [1.82, 2.24) is 20.3 Å². The molecule has 0 saturated carbocycles. The largest absolute Gasteiger partial charge is 0.307 e. The Morgan fingerprint density at radius 3 is 2.27 bits per heavy atom. The van der Waals surface area contributed by atoms with Gasteiger partial charge in [-0.3, -0.25) is 0 Å². The van der Waals surface area contributed by atoms with E-state index in [0.29, 0.717) is 23.1 Å². The van der Waals surface area contributed by atoms with Crippen LogP contribution >= 0.6 is 23.2 Å². The number of benzene rings is 3. The van der Waals surface area contributed by atoms with Crippen LogP contribution in [0.2, 0.25) is 10.0 Å². The summed E-state index contributed by atoms with van der Waals surface area (Å²) in [7, 11) is 0. The minimum atomic E-state index is 0.523. The zero-order chi connectivity index (χ0) is 20.9.